The second-order valence-electron chi connectivity index (χ2n) is 7.60. The Morgan fingerprint density at radius 1 is 1.03 bits per heavy atom. The van der Waals surface area contributed by atoms with Crippen LogP contribution in [0.1, 0.15) is 10.4 Å². The smallest absolute Gasteiger partial charge is 0.265 e. The maximum absolute atomic E-state index is 13.2. The van der Waals surface area contributed by atoms with E-state index in [0.29, 0.717) is 22.0 Å². The highest BCUT2D eigenvalue weighted by molar-refractivity contribution is 7.92. The molecule has 0 bridgehead atoms. The highest BCUT2D eigenvalue weighted by Crippen LogP contribution is 2.43. The average molecular weight is 449 g/mol. The number of aryl methyl sites for hydroxylation is 1. The summed E-state index contributed by atoms with van der Waals surface area (Å²) in [6.45, 7) is 0. The minimum absolute atomic E-state index is 0.0337. The first-order valence-electron chi connectivity index (χ1n) is 9.84. The summed E-state index contributed by atoms with van der Waals surface area (Å²) in [6.07, 6.45) is 3.55. The third-order valence-electron chi connectivity index (χ3n) is 5.63. The van der Waals surface area contributed by atoms with E-state index in [9.17, 15) is 13.2 Å². The van der Waals surface area contributed by atoms with Gasteiger partial charge in [0, 0.05) is 36.6 Å². The topological polar surface area (TPSA) is 93.5 Å². The van der Waals surface area contributed by atoms with Crippen molar-refractivity contribution in [2.45, 2.75) is 4.90 Å². The fourth-order valence-electron chi connectivity index (χ4n) is 4.07. The Labute approximate surface area is 185 Å². The summed E-state index contributed by atoms with van der Waals surface area (Å²) in [6, 6.07) is 13.6. The van der Waals surface area contributed by atoms with E-state index < -0.39 is 10.0 Å². The van der Waals surface area contributed by atoms with Gasteiger partial charge in [-0.3, -0.25) is 14.2 Å². The average Bonchev–Trinajstić information content (AvgIpc) is 3.33. The number of hydrogen-bond donors (Lipinski definition) is 1. The van der Waals surface area contributed by atoms with E-state index in [0.717, 1.165) is 16.8 Å². The molecule has 1 amide bonds. The number of amides is 1. The Kier molecular flexibility index (Phi) is 4.45. The summed E-state index contributed by atoms with van der Waals surface area (Å²) in [4.78, 5) is 14.5. The molecule has 2 heterocycles. The van der Waals surface area contributed by atoms with Crippen molar-refractivity contribution in [1.82, 2.24) is 9.78 Å². The molecule has 5 rings (SSSR count). The van der Waals surface area contributed by atoms with Gasteiger partial charge in [0.1, 0.15) is 10.6 Å². The number of nitrogens with zero attached hydrogens (tertiary/aromatic N) is 3. The zero-order valence-corrected chi connectivity index (χ0v) is 18.5. The lowest BCUT2D eigenvalue weighted by molar-refractivity contribution is 0.0999. The Bertz CT molecular complexity index is 1510. The summed E-state index contributed by atoms with van der Waals surface area (Å²) in [5.74, 6) is 0.109. The van der Waals surface area contributed by atoms with Crippen LogP contribution in [0, 0.1) is 0 Å². The minimum Gasteiger partial charge on any atom is -0.495 e. The van der Waals surface area contributed by atoms with Gasteiger partial charge in [0.2, 0.25) is 0 Å². The molecule has 1 aliphatic rings. The van der Waals surface area contributed by atoms with Crippen molar-refractivity contribution in [2.24, 2.45) is 7.05 Å². The molecule has 0 atom stereocenters. The van der Waals surface area contributed by atoms with Crippen molar-refractivity contribution in [3.8, 4) is 16.9 Å². The molecule has 0 saturated carbocycles. The monoisotopic (exact) mass is 448 g/mol. The molecule has 0 fully saturated rings. The zero-order valence-electron chi connectivity index (χ0n) is 17.7. The molecule has 4 aromatic rings. The number of para-hydroxylation sites is 1. The summed E-state index contributed by atoms with van der Waals surface area (Å²) in [5.41, 5.74) is 3.25. The van der Waals surface area contributed by atoms with E-state index in [1.54, 1.807) is 53.2 Å². The van der Waals surface area contributed by atoms with Gasteiger partial charge in [-0.1, -0.05) is 12.1 Å². The highest BCUT2D eigenvalue weighted by Gasteiger charge is 2.30. The summed E-state index contributed by atoms with van der Waals surface area (Å²) >= 11 is 0. The maximum atomic E-state index is 13.2. The van der Waals surface area contributed by atoms with Gasteiger partial charge >= 0.3 is 0 Å². The van der Waals surface area contributed by atoms with E-state index >= 15 is 0 Å². The number of nitrogens with one attached hydrogen (secondary N) is 1. The Morgan fingerprint density at radius 3 is 2.53 bits per heavy atom. The fraction of sp³-hybridized carbons (Fsp3) is 0.130. The predicted octanol–water partition coefficient (Wildman–Crippen LogP) is 3.64. The van der Waals surface area contributed by atoms with Crippen molar-refractivity contribution in [2.75, 3.05) is 23.8 Å². The first kappa shape index (κ1) is 20.1. The van der Waals surface area contributed by atoms with Crippen LogP contribution >= 0.6 is 0 Å². The van der Waals surface area contributed by atoms with Crippen molar-refractivity contribution >= 4 is 38.1 Å². The van der Waals surface area contributed by atoms with Crippen LogP contribution in [-0.4, -0.2) is 38.3 Å². The molecule has 162 valence electrons. The number of methoxy groups -OCH3 is 1. The second kappa shape index (κ2) is 7.10. The number of hydrogen-bond acceptors (Lipinski definition) is 5. The predicted molar refractivity (Wildman–Crippen MR) is 123 cm³/mol. The van der Waals surface area contributed by atoms with Crippen molar-refractivity contribution in [3.05, 3.63) is 66.5 Å². The molecule has 0 spiro atoms. The van der Waals surface area contributed by atoms with Gasteiger partial charge in [-0.2, -0.15) is 5.10 Å². The van der Waals surface area contributed by atoms with Crippen LogP contribution in [0.5, 0.6) is 5.75 Å². The van der Waals surface area contributed by atoms with Gasteiger partial charge < -0.3 is 9.64 Å². The lowest BCUT2D eigenvalue weighted by Gasteiger charge is -2.15. The third kappa shape index (κ3) is 3.01. The van der Waals surface area contributed by atoms with Crippen molar-refractivity contribution < 1.29 is 17.9 Å². The van der Waals surface area contributed by atoms with E-state index in [1.807, 2.05) is 25.4 Å². The number of benzene rings is 3. The summed E-state index contributed by atoms with van der Waals surface area (Å²) < 4.78 is 36.0. The van der Waals surface area contributed by atoms with Crippen LogP contribution in [0.4, 0.5) is 11.4 Å². The lowest BCUT2D eigenvalue weighted by atomic mass is 9.98. The largest absolute Gasteiger partial charge is 0.495 e. The van der Waals surface area contributed by atoms with Gasteiger partial charge in [-0.25, -0.2) is 8.42 Å². The van der Waals surface area contributed by atoms with Gasteiger partial charge in [0.05, 0.1) is 30.2 Å². The number of carbonyl (C=O) groups is 1. The minimum atomic E-state index is -3.94. The molecule has 0 unspecified atom stereocenters. The molecule has 3 aromatic carbocycles. The van der Waals surface area contributed by atoms with Crippen molar-refractivity contribution in [3.63, 3.8) is 0 Å². The van der Waals surface area contributed by atoms with E-state index in [1.165, 1.54) is 13.2 Å². The summed E-state index contributed by atoms with van der Waals surface area (Å²) in [5, 5.41) is 5.56. The van der Waals surface area contributed by atoms with E-state index in [2.05, 4.69) is 9.82 Å². The van der Waals surface area contributed by atoms with Crippen LogP contribution in [0.2, 0.25) is 0 Å². The SMILES string of the molecule is COc1ccccc1S(=O)(=O)Nc1ccc2c3c(cc(-c4cnn(C)c4)cc13)C(=O)N2C. The van der Waals surface area contributed by atoms with Crippen molar-refractivity contribution in [1.29, 1.82) is 0 Å². The number of sulfonamides is 1. The van der Waals surface area contributed by atoms with Crippen LogP contribution in [0.25, 0.3) is 21.9 Å². The number of rotatable bonds is 5. The normalized spacial score (nSPS) is 13.1. The Hall–Kier alpha value is -3.85. The molecular formula is C23H20N4O4S. The number of ether oxygens (including phenoxy) is 1. The molecule has 1 aliphatic heterocycles. The molecule has 0 saturated heterocycles. The second-order valence-corrected chi connectivity index (χ2v) is 9.25. The molecule has 1 N–H and O–H groups in total. The molecule has 9 heteroatoms. The van der Waals surface area contributed by atoms with Crippen LogP contribution in [0.3, 0.4) is 0 Å². The molecule has 8 nitrogen and oxygen atoms in total. The Morgan fingerprint density at radius 2 is 1.81 bits per heavy atom. The molecular weight excluding hydrogens is 428 g/mol. The lowest BCUT2D eigenvalue weighted by Crippen LogP contribution is -2.20. The fourth-order valence-corrected chi connectivity index (χ4v) is 5.32. The van der Waals surface area contributed by atoms with Crippen LogP contribution < -0.4 is 14.4 Å². The zero-order chi connectivity index (χ0) is 22.6. The van der Waals surface area contributed by atoms with Gasteiger partial charge in [0.15, 0.2) is 0 Å². The van der Waals surface area contributed by atoms with Crippen LogP contribution in [-0.2, 0) is 17.1 Å². The molecule has 1 aromatic heterocycles. The maximum Gasteiger partial charge on any atom is 0.265 e. The molecule has 32 heavy (non-hydrogen) atoms. The van der Waals surface area contributed by atoms with Gasteiger partial charge in [0.25, 0.3) is 15.9 Å². The van der Waals surface area contributed by atoms with Gasteiger partial charge in [-0.15, -0.1) is 0 Å². The standard InChI is InChI=1S/C23H20N4O4S/c1-26-13-15(12-24-26)14-10-16-18(8-9-19-22(16)17(11-14)23(28)27(19)2)25-32(29,30)21-7-5-4-6-20(21)31-3/h4-13,25H,1-3H3. The first-order valence-corrected chi connectivity index (χ1v) is 11.3. The molecule has 0 aliphatic carbocycles. The number of anilines is 2. The highest BCUT2D eigenvalue weighted by atomic mass is 32.2. The third-order valence-corrected chi connectivity index (χ3v) is 7.03. The Balaban J connectivity index is 1.72. The number of aromatic nitrogens is 2. The van der Waals surface area contributed by atoms with E-state index in [-0.39, 0.29) is 16.6 Å². The van der Waals surface area contributed by atoms with Crippen LogP contribution in [0.15, 0.2) is 65.8 Å². The molecule has 0 radical (unpaired) electrons. The van der Waals surface area contributed by atoms with Gasteiger partial charge in [-0.05, 0) is 42.0 Å². The summed E-state index contributed by atoms with van der Waals surface area (Å²) in [7, 11) is 1.00. The quantitative estimate of drug-likeness (QED) is 0.503. The van der Waals surface area contributed by atoms with E-state index in [4.69, 9.17) is 4.74 Å². The first-order chi connectivity index (χ1) is 15.3. The number of carbonyl (C=O) groups excluding carboxylic acids is 1.